The number of ether oxygens (including phenoxy) is 3. The second-order valence-corrected chi connectivity index (χ2v) is 9.28. The number of benzene rings is 1. The number of piperidine rings is 1. The molecule has 1 fully saturated rings. The molecule has 4 aliphatic rings. The minimum absolute atomic E-state index is 0.0165. The minimum atomic E-state index is -1.36. The van der Waals surface area contributed by atoms with Gasteiger partial charge in [-0.2, -0.15) is 0 Å². The van der Waals surface area contributed by atoms with Gasteiger partial charge in [-0.1, -0.05) is 6.07 Å². The third kappa shape index (κ3) is 2.61. The van der Waals surface area contributed by atoms with E-state index < -0.39 is 41.3 Å². The lowest BCUT2D eigenvalue weighted by Crippen LogP contribution is -2.74. The molecule has 2 bridgehead atoms. The number of rotatable bonds is 4. The lowest BCUT2D eigenvalue weighted by molar-refractivity contribution is -0.177. The number of hydrogen-bond donors (Lipinski definition) is 3. The maximum atomic E-state index is 12.7. The SMILES string of the molecule is C[C@H](O)C(=O)O[C@@H](C)C(=O)OC1=CC[C@@]2(O)[C@H]3Cc4ccc(O)c5c4[C@@]2(CCN3C)[C@H]1O5. The third-order valence-electron chi connectivity index (χ3n) is 7.54. The Morgan fingerprint density at radius 3 is 2.75 bits per heavy atom. The van der Waals surface area contributed by atoms with Gasteiger partial charge in [0.2, 0.25) is 0 Å². The first-order valence-corrected chi connectivity index (χ1v) is 10.8. The first-order valence-electron chi connectivity index (χ1n) is 10.8. The van der Waals surface area contributed by atoms with Gasteiger partial charge in [-0.15, -0.1) is 0 Å². The van der Waals surface area contributed by atoms with E-state index in [0.717, 1.165) is 11.1 Å². The van der Waals surface area contributed by atoms with E-state index >= 15 is 0 Å². The molecule has 0 saturated carbocycles. The predicted octanol–water partition coefficient (Wildman–Crippen LogP) is 0.526. The standard InChI is InChI=1S/C23H27NO8/c1-11(25)20(27)30-12(2)21(28)31-15-6-7-23(29)16-10-13-4-5-14(26)18-17(13)22(23,19(15)32-18)8-9-24(16)3/h4-6,11-12,16,19,25-26,29H,7-10H2,1-3H3/t11-,12-,16+,19-,22-,23+/m0/s1. The van der Waals surface area contributed by atoms with Crippen LogP contribution in [-0.4, -0.2) is 75.7 Å². The first kappa shape index (κ1) is 21.2. The van der Waals surface area contributed by atoms with E-state index in [-0.39, 0.29) is 24.0 Å². The number of carbonyl (C=O) groups excluding carboxylic acids is 2. The average Bonchev–Trinajstić information content (AvgIpc) is 3.10. The molecular formula is C23H27NO8. The molecule has 0 aromatic heterocycles. The number of nitrogens with zero attached hydrogens (tertiary/aromatic N) is 1. The molecule has 2 heterocycles. The molecule has 0 amide bonds. The highest BCUT2D eigenvalue weighted by Crippen LogP contribution is 2.65. The highest BCUT2D eigenvalue weighted by atomic mass is 16.6. The summed E-state index contributed by atoms with van der Waals surface area (Å²) in [5, 5.41) is 31.9. The van der Waals surface area contributed by atoms with Gasteiger partial charge in [0.15, 0.2) is 23.7 Å². The summed E-state index contributed by atoms with van der Waals surface area (Å²) in [5.41, 5.74) is -0.217. The van der Waals surface area contributed by atoms with Gasteiger partial charge in [0.1, 0.15) is 11.9 Å². The Morgan fingerprint density at radius 2 is 2.03 bits per heavy atom. The highest BCUT2D eigenvalue weighted by Gasteiger charge is 2.72. The monoisotopic (exact) mass is 445 g/mol. The molecule has 1 aromatic carbocycles. The number of likely N-dealkylation sites (tertiary alicyclic amines) is 1. The largest absolute Gasteiger partial charge is 0.504 e. The van der Waals surface area contributed by atoms with E-state index in [9.17, 15) is 24.9 Å². The van der Waals surface area contributed by atoms with Crippen LogP contribution in [0.5, 0.6) is 11.5 Å². The van der Waals surface area contributed by atoms with E-state index in [4.69, 9.17) is 14.2 Å². The molecule has 1 spiro atoms. The highest BCUT2D eigenvalue weighted by molar-refractivity contribution is 5.81. The van der Waals surface area contributed by atoms with Crippen molar-refractivity contribution in [3.8, 4) is 11.5 Å². The summed E-state index contributed by atoms with van der Waals surface area (Å²) in [5.74, 6) is -1.20. The Balaban J connectivity index is 1.53. The third-order valence-corrected chi connectivity index (χ3v) is 7.54. The van der Waals surface area contributed by atoms with Crippen molar-refractivity contribution in [1.82, 2.24) is 4.90 Å². The normalized spacial score (nSPS) is 34.0. The number of carbonyl (C=O) groups is 2. The zero-order valence-electron chi connectivity index (χ0n) is 18.2. The van der Waals surface area contributed by atoms with Gasteiger partial charge in [0.25, 0.3) is 0 Å². The average molecular weight is 445 g/mol. The van der Waals surface area contributed by atoms with Gasteiger partial charge in [-0.05, 0) is 58.0 Å². The summed E-state index contributed by atoms with van der Waals surface area (Å²) < 4.78 is 16.8. The van der Waals surface area contributed by atoms with Crippen molar-refractivity contribution >= 4 is 11.9 Å². The molecule has 2 aliphatic carbocycles. The summed E-state index contributed by atoms with van der Waals surface area (Å²) in [6, 6.07) is 3.31. The number of likely N-dealkylation sites (N-methyl/N-ethyl adjacent to an activating group) is 1. The molecule has 3 N–H and O–H groups in total. The Kier molecular flexibility index (Phi) is 4.60. The fourth-order valence-electron chi connectivity index (χ4n) is 5.96. The number of esters is 2. The van der Waals surface area contributed by atoms with E-state index in [2.05, 4.69) is 4.90 Å². The maximum Gasteiger partial charge on any atom is 0.352 e. The summed E-state index contributed by atoms with van der Waals surface area (Å²) in [6.07, 6.45) is -0.302. The molecule has 9 nitrogen and oxygen atoms in total. The van der Waals surface area contributed by atoms with Crippen molar-refractivity contribution in [1.29, 1.82) is 0 Å². The van der Waals surface area contributed by atoms with Crippen LogP contribution in [0, 0.1) is 0 Å². The molecule has 0 radical (unpaired) electrons. The van der Waals surface area contributed by atoms with Crippen molar-refractivity contribution < 1.29 is 39.1 Å². The summed E-state index contributed by atoms with van der Waals surface area (Å²) >= 11 is 0. The lowest BCUT2D eigenvalue weighted by Gasteiger charge is -2.61. The molecule has 6 atom stereocenters. The second-order valence-electron chi connectivity index (χ2n) is 9.28. The van der Waals surface area contributed by atoms with Crippen LogP contribution in [0.3, 0.4) is 0 Å². The van der Waals surface area contributed by atoms with Gasteiger partial charge in [0.05, 0.1) is 11.0 Å². The van der Waals surface area contributed by atoms with Crippen LogP contribution in [0.4, 0.5) is 0 Å². The van der Waals surface area contributed by atoms with Crippen molar-refractivity contribution in [2.24, 2.45) is 0 Å². The quantitative estimate of drug-likeness (QED) is 0.569. The van der Waals surface area contributed by atoms with Crippen LogP contribution in [0.2, 0.25) is 0 Å². The Labute approximate surface area is 185 Å². The topological polar surface area (TPSA) is 126 Å². The zero-order chi connectivity index (χ0) is 23.0. The lowest BCUT2D eigenvalue weighted by atomic mass is 9.50. The van der Waals surface area contributed by atoms with Gasteiger partial charge in [0, 0.05) is 18.0 Å². The van der Waals surface area contributed by atoms with Crippen LogP contribution in [0.15, 0.2) is 24.0 Å². The number of phenolic OH excluding ortho intramolecular Hbond substituents is 1. The van der Waals surface area contributed by atoms with Crippen molar-refractivity contribution in [2.45, 2.75) is 68.5 Å². The number of phenols is 1. The van der Waals surface area contributed by atoms with Crippen molar-refractivity contribution in [2.75, 3.05) is 13.6 Å². The molecule has 1 saturated heterocycles. The molecule has 32 heavy (non-hydrogen) atoms. The summed E-state index contributed by atoms with van der Waals surface area (Å²) in [4.78, 5) is 26.5. The van der Waals surface area contributed by atoms with Crippen LogP contribution < -0.4 is 4.74 Å². The molecule has 172 valence electrons. The summed E-state index contributed by atoms with van der Waals surface area (Å²) in [6.45, 7) is 3.32. The fraction of sp³-hybridized carbons (Fsp3) is 0.565. The summed E-state index contributed by atoms with van der Waals surface area (Å²) in [7, 11) is 1.99. The Hall–Kier alpha value is -2.62. The van der Waals surface area contributed by atoms with E-state index in [0.29, 0.717) is 25.1 Å². The maximum absolute atomic E-state index is 12.7. The zero-order valence-corrected chi connectivity index (χ0v) is 18.2. The van der Waals surface area contributed by atoms with Crippen molar-refractivity contribution in [3.63, 3.8) is 0 Å². The number of hydrogen-bond acceptors (Lipinski definition) is 9. The van der Waals surface area contributed by atoms with Crippen LogP contribution in [-0.2, 0) is 30.9 Å². The van der Waals surface area contributed by atoms with E-state index in [1.165, 1.54) is 13.8 Å². The van der Waals surface area contributed by atoms with Gasteiger partial charge in [-0.3, -0.25) is 0 Å². The molecule has 2 aliphatic heterocycles. The molecular weight excluding hydrogens is 418 g/mol. The molecule has 5 rings (SSSR count). The van der Waals surface area contributed by atoms with Gasteiger partial charge < -0.3 is 34.4 Å². The Morgan fingerprint density at radius 1 is 1.28 bits per heavy atom. The predicted molar refractivity (Wildman–Crippen MR) is 110 cm³/mol. The van der Waals surface area contributed by atoms with Crippen LogP contribution >= 0.6 is 0 Å². The second kappa shape index (κ2) is 6.94. The van der Waals surface area contributed by atoms with Crippen LogP contribution in [0.1, 0.15) is 37.8 Å². The smallest absolute Gasteiger partial charge is 0.352 e. The molecule has 9 heteroatoms. The van der Waals surface area contributed by atoms with Gasteiger partial charge in [-0.25, -0.2) is 9.59 Å². The Bertz CT molecular complexity index is 1040. The molecule has 1 aromatic rings. The van der Waals surface area contributed by atoms with Crippen LogP contribution in [0.25, 0.3) is 0 Å². The van der Waals surface area contributed by atoms with Gasteiger partial charge >= 0.3 is 11.9 Å². The molecule has 0 unspecified atom stereocenters. The number of aromatic hydroxyl groups is 1. The first-order chi connectivity index (χ1) is 15.1. The number of aliphatic hydroxyl groups is 2. The van der Waals surface area contributed by atoms with Crippen molar-refractivity contribution in [3.05, 3.63) is 35.1 Å². The number of aliphatic hydroxyl groups excluding tert-OH is 1. The van der Waals surface area contributed by atoms with E-state index in [1.807, 2.05) is 13.1 Å². The van der Waals surface area contributed by atoms with E-state index in [1.54, 1.807) is 12.1 Å². The minimum Gasteiger partial charge on any atom is -0.504 e. The fourth-order valence-corrected chi connectivity index (χ4v) is 5.96.